The highest BCUT2D eigenvalue weighted by Gasteiger charge is 2.25. The number of nitrogens with one attached hydrogen (secondary N) is 3. The van der Waals surface area contributed by atoms with E-state index in [0.717, 1.165) is 51.6 Å². The second-order valence-corrected chi connectivity index (χ2v) is 7.12. The molecule has 0 bridgehead atoms. The number of aryl methyl sites for hydroxylation is 1. The molecule has 2 aliphatic heterocycles. The topological polar surface area (TPSA) is 79.0 Å². The third-order valence-corrected chi connectivity index (χ3v) is 5.21. The third-order valence-electron chi connectivity index (χ3n) is 5.21. The lowest BCUT2D eigenvalue weighted by Gasteiger charge is -2.21. The molecule has 1 aromatic carbocycles. The molecule has 0 saturated heterocycles. The van der Waals surface area contributed by atoms with Gasteiger partial charge in [0, 0.05) is 40.9 Å². The average molecular weight is 372 g/mol. The molecule has 2 aliphatic rings. The summed E-state index contributed by atoms with van der Waals surface area (Å²) in [5.41, 5.74) is 8.42. The molecule has 2 aromatic heterocycles. The molecule has 0 atom stereocenters. The van der Waals surface area contributed by atoms with Crippen molar-refractivity contribution in [3.05, 3.63) is 59.0 Å². The summed E-state index contributed by atoms with van der Waals surface area (Å²) in [7, 11) is 0. The van der Waals surface area contributed by atoms with Crippen molar-refractivity contribution in [3.63, 3.8) is 0 Å². The Morgan fingerprint density at radius 3 is 2.86 bits per heavy atom. The van der Waals surface area contributed by atoms with E-state index in [0.29, 0.717) is 18.1 Å². The van der Waals surface area contributed by atoms with Gasteiger partial charge < -0.3 is 20.4 Å². The standard InChI is InChI=1S/C22H20N4O2/c1-12-3-5-15(25-12)10-17-16-9-14(4-6-19(16)26-21(17)27)18-11-24-22-20(13(18)2)23-7-8-28-22/h3-6,9-11,23,25H,7-8H2,1-2H3,(H,26,27). The van der Waals surface area contributed by atoms with E-state index in [-0.39, 0.29) is 5.91 Å². The predicted molar refractivity (Wildman–Crippen MR) is 110 cm³/mol. The molecule has 5 rings (SSSR count). The first kappa shape index (κ1) is 16.6. The van der Waals surface area contributed by atoms with Crippen LogP contribution < -0.4 is 15.4 Å². The highest BCUT2D eigenvalue weighted by atomic mass is 16.5. The molecule has 0 radical (unpaired) electrons. The zero-order chi connectivity index (χ0) is 19.3. The molecule has 0 spiro atoms. The number of anilines is 2. The van der Waals surface area contributed by atoms with Gasteiger partial charge in [-0.2, -0.15) is 0 Å². The van der Waals surface area contributed by atoms with Gasteiger partial charge in [0.1, 0.15) is 12.3 Å². The Bertz CT molecular complexity index is 1140. The molecule has 28 heavy (non-hydrogen) atoms. The molecular weight excluding hydrogens is 352 g/mol. The maximum absolute atomic E-state index is 12.5. The Hall–Kier alpha value is -3.54. The maximum Gasteiger partial charge on any atom is 0.256 e. The molecule has 6 heteroatoms. The lowest BCUT2D eigenvalue weighted by molar-refractivity contribution is -0.110. The number of carbonyl (C=O) groups excluding carboxylic acids is 1. The van der Waals surface area contributed by atoms with Crippen LogP contribution >= 0.6 is 0 Å². The lowest BCUT2D eigenvalue weighted by atomic mass is 9.96. The van der Waals surface area contributed by atoms with Crippen LogP contribution in [-0.2, 0) is 4.79 Å². The van der Waals surface area contributed by atoms with Gasteiger partial charge in [0.05, 0.1) is 5.57 Å². The van der Waals surface area contributed by atoms with Crippen molar-refractivity contribution < 1.29 is 9.53 Å². The van der Waals surface area contributed by atoms with Crippen LogP contribution in [0, 0.1) is 13.8 Å². The number of H-pyrrole nitrogens is 1. The quantitative estimate of drug-likeness (QED) is 0.594. The summed E-state index contributed by atoms with van der Waals surface area (Å²) < 4.78 is 5.63. The molecule has 3 N–H and O–H groups in total. The molecular formula is C22H20N4O2. The van der Waals surface area contributed by atoms with E-state index in [9.17, 15) is 4.79 Å². The fourth-order valence-corrected chi connectivity index (χ4v) is 3.78. The first-order chi connectivity index (χ1) is 13.6. The monoisotopic (exact) mass is 372 g/mol. The normalized spacial score (nSPS) is 16.2. The number of hydrogen-bond donors (Lipinski definition) is 3. The molecule has 0 aliphatic carbocycles. The van der Waals surface area contributed by atoms with E-state index in [1.807, 2.05) is 43.5 Å². The van der Waals surface area contributed by atoms with Crippen molar-refractivity contribution in [1.29, 1.82) is 0 Å². The number of benzene rings is 1. The average Bonchev–Trinajstić information content (AvgIpc) is 3.25. The highest BCUT2D eigenvalue weighted by Crippen LogP contribution is 2.39. The number of rotatable bonds is 2. The molecule has 4 heterocycles. The van der Waals surface area contributed by atoms with Crippen molar-refractivity contribution in [2.75, 3.05) is 23.8 Å². The van der Waals surface area contributed by atoms with Gasteiger partial charge in [0.2, 0.25) is 5.88 Å². The van der Waals surface area contributed by atoms with Gasteiger partial charge >= 0.3 is 0 Å². The van der Waals surface area contributed by atoms with Crippen molar-refractivity contribution in [1.82, 2.24) is 9.97 Å². The molecule has 140 valence electrons. The Morgan fingerprint density at radius 2 is 2.04 bits per heavy atom. The first-order valence-corrected chi connectivity index (χ1v) is 9.30. The van der Waals surface area contributed by atoms with Crippen LogP contribution in [0.15, 0.2) is 36.5 Å². The summed E-state index contributed by atoms with van der Waals surface area (Å²) in [6.45, 7) is 5.45. The van der Waals surface area contributed by atoms with Crippen LogP contribution in [0.1, 0.15) is 22.5 Å². The van der Waals surface area contributed by atoms with Gasteiger partial charge in [-0.05, 0) is 55.3 Å². The number of aromatic nitrogens is 2. The zero-order valence-corrected chi connectivity index (χ0v) is 15.7. The molecule has 1 amide bonds. The number of ether oxygens (including phenoxy) is 1. The van der Waals surface area contributed by atoms with Gasteiger partial charge in [-0.15, -0.1) is 0 Å². The van der Waals surface area contributed by atoms with Gasteiger partial charge in [-0.3, -0.25) is 4.79 Å². The van der Waals surface area contributed by atoms with E-state index in [4.69, 9.17) is 4.74 Å². The number of hydrogen-bond acceptors (Lipinski definition) is 4. The van der Waals surface area contributed by atoms with E-state index in [1.165, 1.54) is 0 Å². The minimum absolute atomic E-state index is 0.0882. The number of nitrogens with zero attached hydrogens (tertiary/aromatic N) is 1. The van der Waals surface area contributed by atoms with Crippen LogP contribution in [0.4, 0.5) is 11.4 Å². The minimum atomic E-state index is -0.0882. The summed E-state index contributed by atoms with van der Waals surface area (Å²) in [4.78, 5) is 20.2. The predicted octanol–water partition coefficient (Wildman–Crippen LogP) is 3.99. The van der Waals surface area contributed by atoms with E-state index in [2.05, 4.69) is 33.6 Å². The third kappa shape index (κ3) is 2.65. The van der Waals surface area contributed by atoms with Gasteiger partial charge in [-0.1, -0.05) is 6.07 Å². The Labute approximate surface area is 162 Å². The summed E-state index contributed by atoms with van der Waals surface area (Å²) in [6, 6.07) is 9.98. The smallest absolute Gasteiger partial charge is 0.256 e. The summed E-state index contributed by atoms with van der Waals surface area (Å²) in [5, 5.41) is 6.32. The van der Waals surface area contributed by atoms with Crippen molar-refractivity contribution >= 4 is 28.9 Å². The number of carbonyl (C=O) groups is 1. The van der Waals surface area contributed by atoms with E-state index in [1.54, 1.807) is 0 Å². The first-order valence-electron chi connectivity index (χ1n) is 9.30. The highest BCUT2D eigenvalue weighted by molar-refractivity contribution is 6.35. The van der Waals surface area contributed by atoms with Crippen LogP contribution in [0.5, 0.6) is 5.88 Å². The Balaban J connectivity index is 1.60. The fraction of sp³-hybridized carbons (Fsp3) is 0.182. The van der Waals surface area contributed by atoms with E-state index < -0.39 is 0 Å². The molecule has 6 nitrogen and oxygen atoms in total. The summed E-state index contributed by atoms with van der Waals surface area (Å²) >= 11 is 0. The van der Waals surface area contributed by atoms with Crippen molar-refractivity contribution in [2.24, 2.45) is 0 Å². The minimum Gasteiger partial charge on any atom is -0.474 e. The van der Waals surface area contributed by atoms with Gasteiger partial charge in [0.15, 0.2) is 0 Å². The SMILES string of the molecule is Cc1ccc(C=C2C(=O)Nc3ccc(-c4cnc5c(c4C)NCCO5)cc32)[nH]1. The second-order valence-electron chi connectivity index (χ2n) is 7.12. The summed E-state index contributed by atoms with van der Waals surface area (Å²) in [6.07, 6.45) is 3.73. The Morgan fingerprint density at radius 1 is 1.14 bits per heavy atom. The number of amides is 1. The largest absolute Gasteiger partial charge is 0.474 e. The molecule has 0 fully saturated rings. The van der Waals surface area contributed by atoms with Crippen LogP contribution in [0.25, 0.3) is 22.8 Å². The van der Waals surface area contributed by atoms with Crippen LogP contribution in [0.2, 0.25) is 0 Å². The number of pyridine rings is 1. The van der Waals surface area contributed by atoms with Gasteiger partial charge in [0.25, 0.3) is 5.91 Å². The van der Waals surface area contributed by atoms with Crippen molar-refractivity contribution in [2.45, 2.75) is 13.8 Å². The van der Waals surface area contributed by atoms with E-state index >= 15 is 0 Å². The molecule has 0 saturated carbocycles. The maximum atomic E-state index is 12.5. The number of fused-ring (bicyclic) bond motifs is 2. The lowest BCUT2D eigenvalue weighted by Crippen LogP contribution is -2.20. The van der Waals surface area contributed by atoms with Gasteiger partial charge in [-0.25, -0.2) is 4.98 Å². The van der Waals surface area contributed by atoms with Crippen LogP contribution in [-0.4, -0.2) is 29.0 Å². The Kier molecular flexibility index (Phi) is 3.72. The van der Waals surface area contributed by atoms with Crippen LogP contribution in [0.3, 0.4) is 0 Å². The van der Waals surface area contributed by atoms with Crippen molar-refractivity contribution in [3.8, 4) is 17.0 Å². The second kappa shape index (κ2) is 6.27. The fourth-order valence-electron chi connectivity index (χ4n) is 3.78. The zero-order valence-electron chi connectivity index (χ0n) is 15.7. The molecule has 3 aromatic rings. The number of aromatic amines is 1. The molecule has 0 unspecified atom stereocenters. The summed E-state index contributed by atoms with van der Waals surface area (Å²) in [5.74, 6) is 0.558.